The number of thioether (sulfide) groups is 1. The van der Waals surface area contributed by atoms with Crippen molar-refractivity contribution in [3.05, 3.63) is 125 Å². The Morgan fingerprint density at radius 2 is 1.62 bits per heavy atom. The van der Waals surface area contributed by atoms with Gasteiger partial charge < -0.3 is 19.9 Å². The number of aliphatic hydroxyl groups is 1. The van der Waals surface area contributed by atoms with Crippen LogP contribution in [-0.4, -0.2) is 27.9 Å². The first-order chi connectivity index (χ1) is 19.6. The lowest BCUT2D eigenvalue weighted by molar-refractivity contribution is -0.245. The maximum absolute atomic E-state index is 12.6. The van der Waals surface area contributed by atoms with E-state index in [1.807, 2.05) is 84.9 Å². The van der Waals surface area contributed by atoms with Crippen LogP contribution in [0.4, 0.5) is 5.69 Å². The van der Waals surface area contributed by atoms with Gasteiger partial charge in [-0.1, -0.05) is 78.5 Å². The number of fused-ring (bicyclic) bond motifs is 1. The summed E-state index contributed by atoms with van der Waals surface area (Å²) in [5.41, 5.74) is 5.11. The number of ether oxygens (including phenoxy) is 2. The number of hydrogen-bond donors (Lipinski definition) is 2. The van der Waals surface area contributed by atoms with Crippen molar-refractivity contribution in [1.82, 2.24) is 4.98 Å². The van der Waals surface area contributed by atoms with Crippen LogP contribution in [-0.2, 0) is 16.1 Å². The third-order valence-electron chi connectivity index (χ3n) is 6.76. The van der Waals surface area contributed by atoms with E-state index in [4.69, 9.17) is 14.5 Å². The monoisotopic (exact) mass is 568 g/mol. The number of benzene rings is 4. The van der Waals surface area contributed by atoms with Gasteiger partial charge in [-0.25, -0.2) is 4.98 Å². The summed E-state index contributed by atoms with van der Waals surface area (Å²) < 4.78 is 15.1. The molecule has 1 aromatic heterocycles. The van der Waals surface area contributed by atoms with Crippen molar-refractivity contribution in [2.45, 2.75) is 35.9 Å². The third-order valence-corrected chi connectivity index (χ3v) is 9.07. The van der Waals surface area contributed by atoms with Crippen molar-refractivity contribution in [2.24, 2.45) is 0 Å². The molecule has 202 valence electrons. The fraction of sp³-hybridized carbons (Fsp3) is 0.188. The van der Waals surface area contributed by atoms with Crippen LogP contribution in [0.15, 0.2) is 107 Å². The minimum atomic E-state index is -0.559. The first-order valence-electron chi connectivity index (χ1n) is 13.1. The van der Waals surface area contributed by atoms with Gasteiger partial charge in [0, 0.05) is 29.0 Å². The van der Waals surface area contributed by atoms with Gasteiger partial charge >= 0.3 is 0 Å². The molecular formula is C32H28N2O4S2. The van der Waals surface area contributed by atoms with E-state index >= 15 is 0 Å². The molecule has 6 rings (SSSR count). The molecule has 0 bridgehead atoms. The van der Waals surface area contributed by atoms with Gasteiger partial charge in [0.1, 0.15) is 0 Å². The van der Waals surface area contributed by atoms with Crippen LogP contribution in [0, 0.1) is 0 Å². The molecule has 0 saturated carbocycles. The number of aliphatic hydroxyl groups excluding tert-OH is 1. The average Bonchev–Trinajstić information content (AvgIpc) is 3.44. The highest BCUT2D eigenvalue weighted by Gasteiger charge is 2.32. The summed E-state index contributed by atoms with van der Waals surface area (Å²) >= 11 is 3.40. The lowest BCUT2D eigenvalue weighted by Crippen LogP contribution is -2.31. The second-order valence-corrected chi connectivity index (χ2v) is 11.8. The maximum Gasteiger partial charge on any atom is 0.255 e. The van der Waals surface area contributed by atoms with E-state index in [-0.39, 0.29) is 24.7 Å². The molecule has 0 radical (unpaired) electrons. The number of nitrogens with one attached hydrogen (secondary N) is 1. The molecule has 40 heavy (non-hydrogen) atoms. The number of thiazole rings is 1. The van der Waals surface area contributed by atoms with Crippen molar-refractivity contribution in [3.8, 4) is 0 Å². The summed E-state index contributed by atoms with van der Waals surface area (Å²) in [6.07, 6.45) is -0.0743. The standard InChI is InChI=1S/C32H28N2O4S2/c35-19-21-10-12-22(13-11-21)28-18-26(20-39-32-34-27-8-4-5-9-29(27)40-32)37-31(38-28)24-14-16-25(17-15-24)33-30(36)23-6-2-1-3-7-23/h1-17,26,28,31,35H,18-20H2,(H,33,36)/t26-,28+,31+/m0/s1. The Morgan fingerprint density at radius 1 is 0.900 bits per heavy atom. The first-order valence-corrected chi connectivity index (χ1v) is 14.9. The van der Waals surface area contributed by atoms with Gasteiger partial charge in [0.2, 0.25) is 0 Å². The summed E-state index contributed by atoms with van der Waals surface area (Å²) in [4.78, 5) is 17.3. The predicted molar refractivity (Wildman–Crippen MR) is 160 cm³/mol. The quantitative estimate of drug-likeness (QED) is 0.190. The van der Waals surface area contributed by atoms with Crippen molar-refractivity contribution < 1.29 is 19.4 Å². The third kappa shape index (κ3) is 6.27. The summed E-state index contributed by atoms with van der Waals surface area (Å²) in [7, 11) is 0. The van der Waals surface area contributed by atoms with E-state index in [1.165, 1.54) is 4.70 Å². The Bertz CT molecular complexity index is 1540. The van der Waals surface area contributed by atoms with Crippen LogP contribution in [0.1, 0.15) is 45.9 Å². The number of amides is 1. The molecule has 0 unspecified atom stereocenters. The van der Waals surface area contributed by atoms with Crippen molar-refractivity contribution in [1.29, 1.82) is 0 Å². The number of hydrogen-bond acceptors (Lipinski definition) is 7. The first kappa shape index (κ1) is 26.7. The molecule has 1 fully saturated rings. The molecule has 3 atom stereocenters. The van der Waals surface area contributed by atoms with E-state index in [2.05, 4.69) is 11.4 Å². The Hall–Kier alpha value is -3.53. The minimum Gasteiger partial charge on any atom is -0.392 e. The number of rotatable bonds is 8. The van der Waals surface area contributed by atoms with Crippen LogP contribution >= 0.6 is 23.1 Å². The van der Waals surface area contributed by atoms with Gasteiger partial charge in [-0.15, -0.1) is 11.3 Å². The molecule has 4 aromatic carbocycles. The van der Waals surface area contributed by atoms with Crippen LogP contribution in [0.3, 0.4) is 0 Å². The summed E-state index contributed by atoms with van der Waals surface area (Å²) in [6, 6.07) is 32.8. The number of para-hydroxylation sites is 1. The molecule has 1 saturated heterocycles. The van der Waals surface area contributed by atoms with E-state index in [0.29, 0.717) is 17.7 Å². The van der Waals surface area contributed by atoms with Crippen molar-refractivity contribution in [3.63, 3.8) is 0 Å². The largest absolute Gasteiger partial charge is 0.392 e. The van der Waals surface area contributed by atoms with Gasteiger partial charge in [0.05, 0.1) is 29.0 Å². The Balaban J connectivity index is 1.18. The van der Waals surface area contributed by atoms with Crippen LogP contribution < -0.4 is 5.32 Å². The maximum atomic E-state index is 12.6. The predicted octanol–water partition coefficient (Wildman–Crippen LogP) is 7.38. The lowest BCUT2D eigenvalue weighted by Gasteiger charge is -2.36. The molecule has 0 aliphatic carbocycles. The summed E-state index contributed by atoms with van der Waals surface area (Å²) in [5.74, 6) is 0.590. The Morgan fingerprint density at radius 3 is 2.38 bits per heavy atom. The molecule has 8 heteroatoms. The van der Waals surface area contributed by atoms with Gasteiger partial charge in [0.25, 0.3) is 5.91 Å². The molecule has 1 aliphatic heterocycles. The topological polar surface area (TPSA) is 80.7 Å². The van der Waals surface area contributed by atoms with Gasteiger partial charge in [0.15, 0.2) is 10.6 Å². The van der Waals surface area contributed by atoms with E-state index in [9.17, 15) is 9.90 Å². The van der Waals surface area contributed by atoms with Crippen molar-refractivity contribution >= 4 is 44.9 Å². The Labute approximate surface area is 241 Å². The number of aromatic nitrogens is 1. The second kappa shape index (κ2) is 12.3. The molecule has 6 nitrogen and oxygen atoms in total. The number of anilines is 1. The number of carbonyl (C=O) groups excluding carboxylic acids is 1. The molecule has 1 amide bonds. The average molecular weight is 569 g/mol. The Kier molecular flexibility index (Phi) is 8.22. The molecule has 2 N–H and O–H groups in total. The van der Waals surface area contributed by atoms with E-state index < -0.39 is 6.29 Å². The highest BCUT2D eigenvalue weighted by Crippen LogP contribution is 2.40. The SMILES string of the molecule is O=C(Nc1ccc([C@@H]2O[C@H](CSc3nc4ccccc4s3)C[C@H](c3ccc(CO)cc3)O2)cc1)c1ccccc1. The normalized spacial score (nSPS) is 19.0. The highest BCUT2D eigenvalue weighted by molar-refractivity contribution is 8.01. The molecule has 5 aromatic rings. The lowest BCUT2D eigenvalue weighted by atomic mass is 10.0. The van der Waals surface area contributed by atoms with Crippen LogP contribution in [0.5, 0.6) is 0 Å². The minimum absolute atomic E-state index is 0.00608. The zero-order valence-electron chi connectivity index (χ0n) is 21.6. The van der Waals surface area contributed by atoms with Gasteiger partial charge in [-0.2, -0.15) is 0 Å². The van der Waals surface area contributed by atoms with Crippen LogP contribution in [0.2, 0.25) is 0 Å². The fourth-order valence-corrected chi connectivity index (χ4v) is 6.73. The van der Waals surface area contributed by atoms with Crippen LogP contribution in [0.25, 0.3) is 10.2 Å². The van der Waals surface area contributed by atoms with Crippen molar-refractivity contribution in [2.75, 3.05) is 11.1 Å². The zero-order chi connectivity index (χ0) is 27.3. The van der Waals surface area contributed by atoms with E-state index in [1.54, 1.807) is 35.2 Å². The molecular weight excluding hydrogens is 540 g/mol. The number of nitrogens with zero attached hydrogens (tertiary/aromatic N) is 1. The molecule has 1 aliphatic rings. The summed E-state index contributed by atoms with van der Waals surface area (Å²) in [6.45, 7) is 0.00608. The van der Waals surface area contributed by atoms with Gasteiger partial charge in [-0.3, -0.25) is 4.79 Å². The van der Waals surface area contributed by atoms with E-state index in [0.717, 1.165) is 32.3 Å². The second-order valence-electron chi connectivity index (χ2n) is 9.55. The zero-order valence-corrected chi connectivity index (χ0v) is 23.2. The fourth-order valence-electron chi connectivity index (χ4n) is 4.62. The highest BCUT2D eigenvalue weighted by atomic mass is 32.2. The molecule has 0 spiro atoms. The molecule has 2 heterocycles. The smallest absolute Gasteiger partial charge is 0.255 e. The van der Waals surface area contributed by atoms with Gasteiger partial charge in [-0.05, 0) is 47.5 Å². The number of carbonyl (C=O) groups is 1. The summed E-state index contributed by atoms with van der Waals surface area (Å²) in [5, 5.41) is 12.4.